The van der Waals surface area contributed by atoms with Crippen LogP contribution in [0.15, 0.2) is 41.3 Å². The molecule has 2 aromatic heterocycles. The van der Waals surface area contributed by atoms with Crippen LogP contribution in [0.4, 0.5) is 5.82 Å². The fourth-order valence-electron chi connectivity index (χ4n) is 0.745. The van der Waals surface area contributed by atoms with Crippen LogP contribution in [0, 0.1) is 0 Å². The van der Waals surface area contributed by atoms with Gasteiger partial charge in [0.25, 0.3) is 0 Å². The topological polar surface area (TPSA) is 51.8 Å². The average Bonchev–Trinajstić information content (AvgIpc) is 2.28. The summed E-state index contributed by atoms with van der Waals surface area (Å²) in [4.78, 5) is 7.59. The van der Waals surface area contributed by atoms with E-state index in [0.717, 1.165) is 4.60 Å². The Labute approximate surface area is 112 Å². The summed E-state index contributed by atoms with van der Waals surface area (Å²) in [6.07, 6.45) is 3.10. The van der Waals surface area contributed by atoms with Gasteiger partial charge in [0, 0.05) is 12.4 Å². The molecule has 3 nitrogen and oxygen atoms in total. The van der Waals surface area contributed by atoms with Gasteiger partial charge in [-0.2, -0.15) is 0 Å². The minimum atomic E-state index is 0.495. The smallest absolute Gasteiger partial charge is 0.123 e. The van der Waals surface area contributed by atoms with E-state index in [4.69, 9.17) is 28.9 Å². The van der Waals surface area contributed by atoms with Crippen LogP contribution in [0.5, 0.6) is 0 Å². The molecule has 2 N–H and O–H groups in total. The second-order valence-corrected chi connectivity index (χ2v) is 4.39. The van der Waals surface area contributed by atoms with E-state index >= 15 is 0 Å². The van der Waals surface area contributed by atoms with Gasteiger partial charge in [-0.3, -0.25) is 0 Å². The Bertz CT molecular complexity index is 345. The minimum absolute atomic E-state index is 0.495. The molecule has 0 saturated carbocycles. The molecule has 0 radical (unpaired) electrons. The van der Waals surface area contributed by atoms with Gasteiger partial charge in [-0.25, -0.2) is 9.97 Å². The summed E-state index contributed by atoms with van der Waals surface area (Å²) < 4.78 is 0.807. The first kappa shape index (κ1) is 13.2. The molecular formula is C10H8BrCl2N3. The van der Waals surface area contributed by atoms with E-state index in [1.54, 1.807) is 30.5 Å². The largest absolute Gasteiger partial charge is 0.384 e. The number of hydrogen-bond donors (Lipinski definition) is 1. The number of nitrogen functional groups attached to an aromatic ring is 1. The first-order valence-corrected chi connectivity index (χ1v) is 5.77. The zero-order valence-electron chi connectivity index (χ0n) is 8.07. The number of rotatable bonds is 0. The lowest BCUT2D eigenvalue weighted by molar-refractivity contribution is 1.28. The fourth-order valence-corrected chi connectivity index (χ4v) is 1.20. The Morgan fingerprint density at radius 2 is 1.50 bits per heavy atom. The zero-order chi connectivity index (χ0) is 12.0. The van der Waals surface area contributed by atoms with E-state index in [0.29, 0.717) is 15.9 Å². The standard InChI is InChI=1S/C5H3BrClN.C5H5ClN2/c6-5-2-1-4(7)3-8-5;6-4-1-2-5(7)8-3-4/h1-3H;1-3H,(H2,7,8). The second-order valence-electron chi connectivity index (χ2n) is 2.70. The maximum absolute atomic E-state index is 5.53. The highest BCUT2D eigenvalue weighted by Crippen LogP contribution is 2.09. The van der Waals surface area contributed by atoms with Gasteiger partial charge >= 0.3 is 0 Å². The van der Waals surface area contributed by atoms with Crippen molar-refractivity contribution in [1.82, 2.24) is 9.97 Å². The van der Waals surface area contributed by atoms with E-state index in [-0.39, 0.29) is 0 Å². The predicted molar refractivity (Wildman–Crippen MR) is 70.6 cm³/mol. The van der Waals surface area contributed by atoms with Crippen molar-refractivity contribution < 1.29 is 0 Å². The van der Waals surface area contributed by atoms with E-state index in [2.05, 4.69) is 25.9 Å². The summed E-state index contributed by atoms with van der Waals surface area (Å²) in [5.41, 5.74) is 5.26. The quantitative estimate of drug-likeness (QED) is 0.751. The Kier molecular flexibility index (Phi) is 5.52. The molecule has 2 heterocycles. The molecule has 0 bridgehead atoms. The molecule has 0 atom stereocenters. The van der Waals surface area contributed by atoms with E-state index in [1.807, 2.05) is 0 Å². The molecule has 0 aromatic carbocycles. The first-order valence-electron chi connectivity index (χ1n) is 4.22. The van der Waals surface area contributed by atoms with Gasteiger partial charge in [-0.1, -0.05) is 23.2 Å². The highest BCUT2D eigenvalue weighted by molar-refractivity contribution is 9.10. The fraction of sp³-hybridized carbons (Fsp3) is 0. The normalized spacial score (nSPS) is 9.19. The van der Waals surface area contributed by atoms with E-state index in [1.165, 1.54) is 6.20 Å². The molecule has 6 heteroatoms. The van der Waals surface area contributed by atoms with Crippen LogP contribution in [0.25, 0.3) is 0 Å². The first-order chi connectivity index (χ1) is 7.58. The summed E-state index contributed by atoms with van der Waals surface area (Å²) in [6.45, 7) is 0. The van der Waals surface area contributed by atoms with Crippen molar-refractivity contribution in [2.75, 3.05) is 5.73 Å². The maximum atomic E-state index is 5.53. The number of halogens is 3. The molecule has 2 rings (SSSR count). The molecule has 0 aliphatic carbocycles. The van der Waals surface area contributed by atoms with Crippen LogP contribution in [-0.4, -0.2) is 9.97 Å². The number of anilines is 1. The molecule has 0 fully saturated rings. The lowest BCUT2D eigenvalue weighted by atomic mass is 10.5. The Hall–Kier alpha value is -0.840. The molecular weight excluding hydrogens is 313 g/mol. The molecule has 0 unspecified atom stereocenters. The van der Waals surface area contributed by atoms with Crippen LogP contribution < -0.4 is 5.73 Å². The molecule has 84 valence electrons. The van der Waals surface area contributed by atoms with Crippen LogP contribution >= 0.6 is 39.1 Å². The summed E-state index contributed by atoms with van der Waals surface area (Å²) in [5.74, 6) is 0.495. The van der Waals surface area contributed by atoms with Crippen molar-refractivity contribution in [2.24, 2.45) is 0 Å². The van der Waals surface area contributed by atoms with Crippen molar-refractivity contribution in [3.8, 4) is 0 Å². The predicted octanol–water partition coefficient (Wildman–Crippen LogP) is 3.81. The summed E-state index contributed by atoms with van der Waals surface area (Å²) >= 11 is 14.2. The number of nitrogens with zero attached hydrogens (tertiary/aromatic N) is 2. The Balaban J connectivity index is 0.000000160. The third-order valence-corrected chi connectivity index (χ3v) is 2.36. The lowest BCUT2D eigenvalue weighted by Gasteiger charge is -1.87. The summed E-state index contributed by atoms with van der Waals surface area (Å²) in [6, 6.07) is 6.92. The van der Waals surface area contributed by atoms with Crippen LogP contribution in [0.1, 0.15) is 0 Å². The molecule has 16 heavy (non-hydrogen) atoms. The van der Waals surface area contributed by atoms with Crippen molar-refractivity contribution in [3.05, 3.63) is 51.3 Å². The van der Waals surface area contributed by atoms with Gasteiger partial charge in [0.15, 0.2) is 0 Å². The van der Waals surface area contributed by atoms with Gasteiger partial charge in [-0.15, -0.1) is 0 Å². The van der Waals surface area contributed by atoms with Crippen LogP contribution in [0.3, 0.4) is 0 Å². The summed E-state index contributed by atoms with van der Waals surface area (Å²) in [5, 5.41) is 1.27. The molecule has 0 spiro atoms. The monoisotopic (exact) mass is 319 g/mol. The molecule has 2 aromatic rings. The minimum Gasteiger partial charge on any atom is -0.384 e. The summed E-state index contributed by atoms with van der Waals surface area (Å²) in [7, 11) is 0. The molecule has 0 aliphatic rings. The highest BCUT2D eigenvalue weighted by Gasteiger charge is 1.85. The van der Waals surface area contributed by atoms with E-state index < -0.39 is 0 Å². The van der Waals surface area contributed by atoms with Crippen molar-refractivity contribution in [3.63, 3.8) is 0 Å². The van der Waals surface area contributed by atoms with E-state index in [9.17, 15) is 0 Å². The van der Waals surface area contributed by atoms with Crippen molar-refractivity contribution in [1.29, 1.82) is 0 Å². The van der Waals surface area contributed by atoms with Gasteiger partial charge in [-0.05, 0) is 40.2 Å². The number of nitrogens with two attached hydrogens (primary N) is 1. The zero-order valence-corrected chi connectivity index (χ0v) is 11.2. The second kappa shape index (κ2) is 6.68. The Morgan fingerprint density at radius 1 is 0.938 bits per heavy atom. The maximum Gasteiger partial charge on any atom is 0.123 e. The van der Waals surface area contributed by atoms with Crippen molar-refractivity contribution in [2.45, 2.75) is 0 Å². The van der Waals surface area contributed by atoms with Crippen LogP contribution in [0.2, 0.25) is 10.0 Å². The number of aromatic nitrogens is 2. The average molecular weight is 321 g/mol. The third kappa shape index (κ3) is 5.30. The van der Waals surface area contributed by atoms with Gasteiger partial charge < -0.3 is 5.73 Å². The molecule has 0 aliphatic heterocycles. The van der Waals surface area contributed by atoms with Gasteiger partial charge in [0.05, 0.1) is 10.0 Å². The Morgan fingerprint density at radius 3 is 1.81 bits per heavy atom. The number of pyridine rings is 2. The highest BCUT2D eigenvalue weighted by atomic mass is 79.9. The lowest BCUT2D eigenvalue weighted by Crippen LogP contribution is -1.86. The van der Waals surface area contributed by atoms with Crippen LogP contribution in [-0.2, 0) is 0 Å². The van der Waals surface area contributed by atoms with Gasteiger partial charge in [0.2, 0.25) is 0 Å². The molecule has 0 amide bonds. The SMILES string of the molecule is Clc1ccc(Br)nc1.Nc1ccc(Cl)cn1. The number of hydrogen-bond acceptors (Lipinski definition) is 3. The molecule has 0 saturated heterocycles. The van der Waals surface area contributed by atoms with Gasteiger partial charge in [0.1, 0.15) is 10.4 Å². The van der Waals surface area contributed by atoms with Crippen molar-refractivity contribution >= 4 is 44.9 Å². The third-order valence-electron chi connectivity index (χ3n) is 1.44.